The molecule has 0 aliphatic heterocycles. The van der Waals surface area contributed by atoms with Gasteiger partial charge in [-0.15, -0.1) is 0 Å². The van der Waals surface area contributed by atoms with E-state index in [1.807, 2.05) is 6.92 Å². The van der Waals surface area contributed by atoms with E-state index in [2.05, 4.69) is 26.6 Å². The van der Waals surface area contributed by atoms with E-state index in [0.717, 1.165) is 6.42 Å². The number of nitrogens with two attached hydrogens (primary N) is 1. The topological polar surface area (TPSA) is 67.2 Å². The van der Waals surface area contributed by atoms with Gasteiger partial charge in [-0.1, -0.05) is 6.92 Å². The van der Waals surface area contributed by atoms with Crippen molar-refractivity contribution in [3.63, 3.8) is 0 Å². The molecular weight excluding hydrogens is 301 g/mol. The number of amides is 1. The standard InChI is InChI=1S/C12H17BrFN3O/c1-2-4-17-12(18)3-5-16-11-7-9(14)8(13)6-10(11)15/h6-7,16H,2-5,15H2,1H3,(H,17,18). The molecule has 1 rings (SSSR count). The van der Waals surface area contributed by atoms with Gasteiger partial charge >= 0.3 is 0 Å². The minimum Gasteiger partial charge on any atom is -0.397 e. The smallest absolute Gasteiger partial charge is 0.221 e. The first kappa shape index (κ1) is 14.8. The molecule has 0 aliphatic carbocycles. The van der Waals surface area contributed by atoms with Crippen molar-refractivity contribution in [2.45, 2.75) is 19.8 Å². The molecule has 1 aromatic carbocycles. The van der Waals surface area contributed by atoms with Gasteiger partial charge in [-0.25, -0.2) is 4.39 Å². The zero-order chi connectivity index (χ0) is 13.5. The highest BCUT2D eigenvalue weighted by molar-refractivity contribution is 9.10. The van der Waals surface area contributed by atoms with Crippen LogP contribution in [0, 0.1) is 5.82 Å². The van der Waals surface area contributed by atoms with Gasteiger partial charge in [0.15, 0.2) is 0 Å². The third kappa shape index (κ3) is 4.52. The van der Waals surface area contributed by atoms with E-state index in [9.17, 15) is 9.18 Å². The Hall–Kier alpha value is -1.30. The molecule has 6 heteroatoms. The van der Waals surface area contributed by atoms with Crippen molar-refractivity contribution in [3.8, 4) is 0 Å². The fourth-order valence-corrected chi connectivity index (χ4v) is 1.74. The van der Waals surface area contributed by atoms with Gasteiger partial charge in [0, 0.05) is 25.6 Å². The first-order valence-electron chi connectivity index (χ1n) is 5.79. The molecule has 18 heavy (non-hydrogen) atoms. The van der Waals surface area contributed by atoms with Crippen LogP contribution in [0.25, 0.3) is 0 Å². The number of carbonyl (C=O) groups excluding carboxylic acids is 1. The van der Waals surface area contributed by atoms with Crippen molar-refractivity contribution in [2.24, 2.45) is 0 Å². The molecule has 4 nitrogen and oxygen atoms in total. The molecule has 0 radical (unpaired) electrons. The first-order valence-corrected chi connectivity index (χ1v) is 6.59. The summed E-state index contributed by atoms with van der Waals surface area (Å²) < 4.78 is 13.6. The summed E-state index contributed by atoms with van der Waals surface area (Å²) >= 11 is 3.05. The largest absolute Gasteiger partial charge is 0.397 e. The van der Waals surface area contributed by atoms with Crippen LogP contribution in [-0.4, -0.2) is 19.0 Å². The van der Waals surface area contributed by atoms with Crippen molar-refractivity contribution in [3.05, 3.63) is 22.4 Å². The summed E-state index contributed by atoms with van der Waals surface area (Å²) in [6.45, 7) is 3.08. The van der Waals surface area contributed by atoms with Crippen molar-refractivity contribution >= 4 is 33.2 Å². The fraction of sp³-hybridized carbons (Fsp3) is 0.417. The van der Waals surface area contributed by atoms with Crippen LogP contribution in [0.5, 0.6) is 0 Å². The highest BCUT2D eigenvalue weighted by atomic mass is 79.9. The summed E-state index contributed by atoms with van der Waals surface area (Å²) in [5.41, 5.74) is 6.67. The normalized spacial score (nSPS) is 10.2. The van der Waals surface area contributed by atoms with Crippen LogP contribution >= 0.6 is 15.9 Å². The van der Waals surface area contributed by atoms with E-state index >= 15 is 0 Å². The lowest BCUT2D eigenvalue weighted by molar-refractivity contribution is -0.120. The quantitative estimate of drug-likeness (QED) is 0.706. The van der Waals surface area contributed by atoms with Gasteiger partial charge in [0.25, 0.3) is 0 Å². The summed E-state index contributed by atoms with van der Waals surface area (Å²) in [5, 5.41) is 5.70. The Balaban J connectivity index is 2.44. The molecule has 0 aliphatic rings. The maximum Gasteiger partial charge on any atom is 0.221 e. The SMILES string of the molecule is CCCNC(=O)CCNc1cc(F)c(Br)cc1N. The average Bonchev–Trinajstić information content (AvgIpc) is 2.33. The monoisotopic (exact) mass is 317 g/mol. The van der Waals surface area contributed by atoms with Crippen LogP contribution in [0.3, 0.4) is 0 Å². The van der Waals surface area contributed by atoms with Gasteiger partial charge in [0.2, 0.25) is 5.91 Å². The van der Waals surface area contributed by atoms with Crippen LogP contribution in [0.4, 0.5) is 15.8 Å². The maximum atomic E-state index is 13.3. The molecule has 0 saturated carbocycles. The number of anilines is 2. The average molecular weight is 318 g/mol. The number of carbonyl (C=O) groups is 1. The maximum absolute atomic E-state index is 13.3. The molecule has 0 fully saturated rings. The molecule has 1 amide bonds. The van der Waals surface area contributed by atoms with E-state index < -0.39 is 0 Å². The zero-order valence-corrected chi connectivity index (χ0v) is 11.8. The Bertz CT molecular complexity index is 426. The Morgan fingerprint density at radius 3 is 2.83 bits per heavy atom. The van der Waals surface area contributed by atoms with Gasteiger partial charge in [-0.3, -0.25) is 4.79 Å². The van der Waals surface area contributed by atoms with Crippen LogP contribution in [0.2, 0.25) is 0 Å². The third-order valence-electron chi connectivity index (χ3n) is 2.33. The highest BCUT2D eigenvalue weighted by Crippen LogP contribution is 2.26. The zero-order valence-electron chi connectivity index (χ0n) is 10.2. The summed E-state index contributed by atoms with van der Waals surface area (Å²) in [6.07, 6.45) is 1.24. The molecule has 0 aromatic heterocycles. The lowest BCUT2D eigenvalue weighted by atomic mass is 10.2. The highest BCUT2D eigenvalue weighted by Gasteiger charge is 2.06. The number of benzene rings is 1. The lowest BCUT2D eigenvalue weighted by Crippen LogP contribution is -2.26. The van der Waals surface area contributed by atoms with E-state index in [1.54, 1.807) is 0 Å². The molecule has 0 saturated heterocycles. The molecule has 0 bridgehead atoms. The van der Waals surface area contributed by atoms with E-state index in [-0.39, 0.29) is 11.7 Å². The van der Waals surface area contributed by atoms with Crippen LogP contribution in [0.1, 0.15) is 19.8 Å². The number of rotatable bonds is 6. The van der Waals surface area contributed by atoms with Crippen molar-refractivity contribution in [2.75, 3.05) is 24.1 Å². The molecule has 1 aromatic rings. The first-order chi connectivity index (χ1) is 8.54. The number of hydrogen-bond acceptors (Lipinski definition) is 3. The second-order valence-corrected chi connectivity index (χ2v) is 4.73. The lowest BCUT2D eigenvalue weighted by Gasteiger charge is -2.10. The molecule has 0 unspecified atom stereocenters. The van der Waals surface area contributed by atoms with Gasteiger partial charge in [0.05, 0.1) is 15.8 Å². The minimum absolute atomic E-state index is 0.0273. The van der Waals surface area contributed by atoms with Gasteiger partial charge in [0.1, 0.15) is 5.82 Å². The Labute approximate surface area is 114 Å². The second kappa shape index (κ2) is 7.20. The molecule has 100 valence electrons. The van der Waals surface area contributed by atoms with Crippen LogP contribution < -0.4 is 16.4 Å². The number of nitrogen functional groups attached to an aromatic ring is 1. The Morgan fingerprint density at radius 2 is 2.17 bits per heavy atom. The fourth-order valence-electron chi connectivity index (χ4n) is 1.38. The van der Waals surface area contributed by atoms with Gasteiger partial charge in [-0.2, -0.15) is 0 Å². The number of halogens is 2. The van der Waals surface area contributed by atoms with Gasteiger partial charge < -0.3 is 16.4 Å². The molecule has 0 atom stereocenters. The van der Waals surface area contributed by atoms with Crippen molar-refractivity contribution < 1.29 is 9.18 Å². The van der Waals surface area contributed by atoms with E-state index in [1.165, 1.54) is 12.1 Å². The summed E-state index contributed by atoms with van der Waals surface area (Å²) in [5.74, 6) is -0.414. The van der Waals surface area contributed by atoms with Crippen molar-refractivity contribution in [1.29, 1.82) is 0 Å². The van der Waals surface area contributed by atoms with E-state index in [0.29, 0.717) is 35.4 Å². The molecule has 4 N–H and O–H groups in total. The van der Waals surface area contributed by atoms with Crippen LogP contribution in [-0.2, 0) is 4.79 Å². The summed E-state index contributed by atoms with van der Waals surface area (Å²) in [7, 11) is 0. The van der Waals surface area contributed by atoms with Crippen molar-refractivity contribution in [1.82, 2.24) is 5.32 Å². The summed E-state index contributed by atoms with van der Waals surface area (Å²) in [6, 6.07) is 2.80. The summed E-state index contributed by atoms with van der Waals surface area (Å²) in [4.78, 5) is 11.3. The predicted octanol–water partition coefficient (Wildman–Crippen LogP) is 2.50. The minimum atomic E-state index is -0.387. The van der Waals surface area contributed by atoms with E-state index in [4.69, 9.17) is 5.73 Å². The Morgan fingerprint density at radius 1 is 1.44 bits per heavy atom. The predicted molar refractivity (Wildman–Crippen MR) is 74.9 cm³/mol. The van der Waals surface area contributed by atoms with Gasteiger partial charge in [-0.05, 0) is 28.4 Å². The molecular formula is C12H17BrFN3O. The van der Waals surface area contributed by atoms with Crippen LogP contribution in [0.15, 0.2) is 16.6 Å². The number of hydrogen-bond donors (Lipinski definition) is 3. The molecule has 0 heterocycles. The molecule has 0 spiro atoms. The Kier molecular flexibility index (Phi) is 5.91. The third-order valence-corrected chi connectivity index (χ3v) is 2.94. The second-order valence-electron chi connectivity index (χ2n) is 3.88. The number of nitrogens with one attached hydrogen (secondary N) is 2.